The third-order valence-corrected chi connectivity index (χ3v) is 8.47. The van der Waals surface area contributed by atoms with Crippen LogP contribution in [0.5, 0.6) is 0 Å². The molecule has 166 valence electrons. The molecule has 4 rings (SSSR count). The first-order valence-electron chi connectivity index (χ1n) is 10.4. The fourth-order valence-electron chi connectivity index (χ4n) is 6.40. The lowest BCUT2D eigenvalue weighted by atomic mass is 9.39. The Bertz CT molecular complexity index is 858. The van der Waals surface area contributed by atoms with Gasteiger partial charge in [-0.1, -0.05) is 6.92 Å². The fourth-order valence-corrected chi connectivity index (χ4v) is 6.40. The molecule has 2 aliphatic carbocycles. The van der Waals surface area contributed by atoms with E-state index in [2.05, 4.69) is 0 Å². The van der Waals surface area contributed by atoms with Gasteiger partial charge in [0.2, 0.25) is 0 Å². The molecule has 1 aromatic rings. The summed E-state index contributed by atoms with van der Waals surface area (Å²) in [6.07, 6.45) is 2.13. The Morgan fingerprint density at radius 1 is 1.17 bits per heavy atom. The van der Waals surface area contributed by atoms with E-state index in [-0.39, 0.29) is 32.1 Å². The van der Waals surface area contributed by atoms with Gasteiger partial charge in [-0.2, -0.15) is 0 Å². The Balaban J connectivity index is 1.84. The van der Waals surface area contributed by atoms with Gasteiger partial charge in [0.1, 0.15) is 23.2 Å². The quantitative estimate of drug-likeness (QED) is 0.618. The molecule has 1 saturated heterocycles. The van der Waals surface area contributed by atoms with Crippen LogP contribution in [0.4, 0.5) is 0 Å². The van der Waals surface area contributed by atoms with Crippen molar-refractivity contribution in [2.75, 3.05) is 0 Å². The van der Waals surface area contributed by atoms with Gasteiger partial charge in [0.15, 0.2) is 0 Å². The molecule has 0 radical (unpaired) electrons. The molecule has 2 saturated carbocycles. The first-order valence-corrected chi connectivity index (χ1v) is 10.4. The molecule has 1 aromatic heterocycles. The van der Waals surface area contributed by atoms with Crippen molar-refractivity contribution < 1.29 is 38.8 Å². The lowest BCUT2D eigenvalue weighted by Gasteiger charge is -2.68. The number of ether oxygens (including phenoxy) is 2. The van der Waals surface area contributed by atoms with E-state index < -0.39 is 51.8 Å². The minimum absolute atomic E-state index is 0.0543. The van der Waals surface area contributed by atoms with E-state index in [1.165, 1.54) is 26.4 Å². The van der Waals surface area contributed by atoms with Crippen molar-refractivity contribution in [1.82, 2.24) is 0 Å². The fraction of sp³-hybridized carbons (Fsp3) is 0.727. The lowest BCUT2D eigenvalue weighted by Crippen LogP contribution is -2.80. The molecular formula is C22H30O8. The second-order valence-electron chi connectivity index (χ2n) is 9.81. The monoisotopic (exact) mass is 422 g/mol. The summed E-state index contributed by atoms with van der Waals surface area (Å²) in [6.45, 7) is 6.07. The zero-order valence-corrected chi connectivity index (χ0v) is 17.8. The number of rotatable bonds is 2. The number of aliphatic hydroxyl groups is 3. The van der Waals surface area contributed by atoms with Crippen LogP contribution in [0.25, 0.3) is 0 Å². The first kappa shape index (κ1) is 21.3. The number of furan rings is 1. The van der Waals surface area contributed by atoms with Gasteiger partial charge in [0.25, 0.3) is 0 Å². The Morgan fingerprint density at radius 2 is 1.87 bits per heavy atom. The van der Waals surface area contributed by atoms with Crippen LogP contribution < -0.4 is 0 Å². The molecule has 7 atom stereocenters. The summed E-state index contributed by atoms with van der Waals surface area (Å²) in [5.74, 6) is -1.21. The standard InChI is InChI=1S/C22H30O8/c1-13(23)29-16-5-7-22(27)18(2,20(16,4)26)8-9-19(3,25)21(22)11-15(30-17(21)24)14-6-10-28-12-14/h6,10,12,15-16,25-27H,5,7-9,11H2,1-4H3. The third-order valence-electron chi connectivity index (χ3n) is 8.47. The maximum absolute atomic E-state index is 13.4. The predicted molar refractivity (Wildman–Crippen MR) is 103 cm³/mol. The Kier molecular flexibility index (Phi) is 4.49. The average Bonchev–Trinajstić information content (AvgIpc) is 3.28. The highest BCUT2D eigenvalue weighted by atomic mass is 16.6. The number of hydrogen-bond donors (Lipinski definition) is 3. The number of cyclic esters (lactones) is 1. The summed E-state index contributed by atoms with van der Waals surface area (Å²) in [5.41, 5.74) is -7.19. The van der Waals surface area contributed by atoms with Crippen LogP contribution in [0.2, 0.25) is 0 Å². The van der Waals surface area contributed by atoms with Crippen LogP contribution >= 0.6 is 0 Å². The highest BCUT2D eigenvalue weighted by Crippen LogP contribution is 2.70. The molecule has 30 heavy (non-hydrogen) atoms. The van der Waals surface area contributed by atoms with Crippen LogP contribution in [0.3, 0.4) is 0 Å². The van der Waals surface area contributed by atoms with Gasteiger partial charge in [0, 0.05) is 24.3 Å². The highest BCUT2D eigenvalue weighted by Gasteiger charge is 2.81. The van der Waals surface area contributed by atoms with Gasteiger partial charge in [-0.3, -0.25) is 9.59 Å². The van der Waals surface area contributed by atoms with E-state index in [4.69, 9.17) is 13.9 Å². The Hall–Kier alpha value is -1.90. The molecule has 1 spiro atoms. The van der Waals surface area contributed by atoms with Crippen molar-refractivity contribution >= 4 is 11.9 Å². The van der Waals surface area contributed by atoms with Gasteiger partial charge in [-0.25, -0.2) is 0 Å². The minimum Gasteiger partial charge on any atom is -0.472 e. The molecule has 2 heterocycles. The molecule has 0 aromatic carbocycles. The van der Waals surface area contributed by atoms with Gasteiger partial charge < -0.3 is 29.2 Å². The number of carbonyl (C=O) groups excluding carboxylic acids is 2. The smallest absolute Gasteiger partial charge is 0.318 e. The first-order chi connectivity index (χ1) is 13.8. The highest BCUT2D eigenvalue weighted by molar-refractivity contribution is 5.83. The Labute approximate surface area is 175 Å². The molecule has 7 unspecified atom stereocenters. The van der Waals surface area contributed by atoms with Crippen molar-refractivity contribution in [2.45, 2.75) is 88.8 Å². The van der Waals surface area contributed by atoms with Crippen molar-refractivity contribution in [3.05, 3.63) is 24.2 Å². The maximum atomic E-state index is 13.4. The third kappa shape index (κ3) is 2.38. The number of esters is 2. The molecule has 3 fully saturated rings. The van der Waals surface area contributed by atoms with Crippen molar-refractivity contribution in [3.8, 4) is 0 Å². The van der Waals surface area contributed by atoms with Crippen LogP contribution in [0.1, 0.15) is 71.5 Å². The van der Waals surface area contributed by atoms with E-state index in [0.717, 1.165) is 0 Å². The largest absolute Gasteiger partial charge is 0.472 e. The SMILES string of the molecule is CC(=O)OC1CCC2(O)C(C)(CCC(C)(O)C23CC(c2ccoc2)OC3=O)C1(C)O. The number of hydrogen-bond acceptors (Lipinski definition) is 8. The van der Waals surface area contributed by atoms with Crippen molar-refractivity contribution in [1.29, 1.82) is 0 Å². The second-order valence-corrected chi connectivity index (χ2v) is 9.81. The lowest BCUT2D eigenvalue weighted by molar-refractivity contribution is -0.331. The van der Waals surface area contributed by atoms with Crippen LogP contribution in [-0.2, 0) is 19.1 Å². The van der Waals surface area contributed by atoms with E-state index in [9.17, 15) is 24.9 Å². The van der Waals surface area contributed by atoms with E-state index >= 15 is 0 Å². The van der Waals surface area contributed by atoms with Crippen LogP contribution in [-0.4, -0.2) is 50.2 Å². The van der Waals surface area contributed by atoms with Gasteiger partial charge in [-0.15, -0.1) is 0 Å². The summed E-state index contributed by atoms with van der Waals surface area (Å²) in [4.78, 5) is 25.0. The molecule has 0 bridgehead atoms. The molecule has 3 N–H and O–H groups in total. The molecule has 8 heteroatoms. The molecule has 1 aliphatic heterocycles. The predicted octanol–water partition coefficient (Wildman–Crippen LogP) is 2.01. The van der Waals surface area contributed by atoms with Crippen LogP contribution in [0.15, 0.2) is 23.0 Å². The second kappa shape index (κ2) is 6.31. The van der Waals surface area contributed by atoms with Crippen molar-refractivity contribution in [2.24, 2.45) is 10.8 Å². The molecular weight excluding hydrogens is 392 g/mol. The molecule has 3 aliphatic rings. The number of fused-ring (bicyclic) bond motifs is 2. The summed E-state index contributed by atoms with van der Waals surface area (Å²) in [6, 6.07) is 1.69. The van der Waals surface area contributed by atoms with Gasteiger partial charge in [-0.05, 0) is 45.6 Å². The Morgan fingerprint density at radius 3 is 2.47 bits per heavy atom. The zero-order valence-electron chi connectivity index (χ0n) is 17.8. The summed E-state index contributed by atoms with van der Waals surface area (Å²) < 4.78 is 16.2. The molecule has 8 nitrogen and oxygen atoms in total. The maximum Gasteiger partial charge on any atom is 0.318 e. The van der Waals surface area contributed by atoms with E-state index in [1.807, 2.05) is 0 Å². The zero-order chi connectivity index (χ0) is 22.2. The van der Waals surface area contributed by atoms with Crippen LogP contribution in [0, 0.1) is 10.8 Å². The average molecular weight is 422 g/mol. The molecule has 0 amide bonds. The minimum atomic E-state index is -1.78. The van der Waals surface area contributed by atoms with E-state index in [0.29, 0.717) is 5.56 Å². The summed E-state index contributed by atoms with van der Waals surface area (Å²) in [5, 5.41) is 35.3. The van der Waals surface area contributed by atoms with Gasteiger partial charge in [0.05, 0.1) is 23.7 Å². The van der Waals surface area contributed by atoms with Gasteiger partial charge >= 0.3 is 11.9 Å². The topological polar surface area (TPSA) is 126 Å². The summed E-state index contributed by atoms with van der Waals surface area (Å²) in [7, 11) is 0. The number of carbonyl (C=O) groups is 2. The van der Waals surface area contributed by atoms with E-state index in [1.54, 1.807) is 19.9 Å². The van der Waals surface area contributed by atoms with Crippen molar-refractivity contribution in [3.63, 3.8) is 0 Å². The normalized spacial score (nSPS) is 48.3. The summed E-state index contributed by atoms with van der Waals surface area (Å²) >= 11 is 0.